The van der Waals surface area contributed by atoms with Gasteiger partial charge in [0.25, 0.3) is 0 Å². The first kappa shape index (κ1) is 17.9. The number of aliphatic carboxylic acids is 1. The summed E-state index contributed by atoms with van der Waals surface area (Å²) >= 11 is 0. The largest absolute Gasteiger partial charge is 0.479 e. The lowest BCUT2D eigenvalue weighted by Crippen LogP contribution is -2.57. The van der Waals surface area contributed by atoms with Crippen LogP contribution in [-0.4, -0.2) is 53.7 Å². The normalized spacial score (nSPS) is 15.1. The van der Waals surface area contributed by atoms with Gasteiger partial charge in [0.15, 0.2) is 0 Å². The first-order valence-corrected chi connectivity index (χ1v) is 6.39. The number of ether oxygens (including phenoxy) is 1. The van der Waals surface area contributed by atoms with E-state index in [-0.39, 0.29) is 6.42 Å². The molecular formula is C13H26N2O4. The van der Waals surface area contributed by atoms with Crippen LogP contribution in [0.2, 0.25) is 0 Å². The molecule has 0 bridgehead atoms. The molecule has 0 radical (unpaired) electrons. The van der Waals surface area contributed by atoms with Crippen molar-refractivity contribution in [1.82, 2.24) is 4.90 Å². The van der Waals surface area contributed by atoms with Crippen molar-refractivity contribution in [2.75, 3.05) is 20.6 Å². The Morgan fingerprint density at radius 1 is 1.21 bits per heavy atom. The lowest BCUT2D eigenvalue weighted by molar-refractivity contribution is -0.169. The van der Waals surface area contributed by atoms with Gasteiger partial charge in [0.1, 0.15) is 5.60 Å². The van der Waals surface area contributed by atoms with E-state index in [1.807, 2.05) is 19.0 Å². The van der Waals surface area contributed by atoms with Gasteiger partial charge in [0.05, 0.1) is 0 Å². The SMILES string of the molecule is CN(C)CCCCC(N)(C(=O)O)C(=O)OC(C)(C)C. The summed E-state index contributed by atoms with van der Waals surface area (Å²) in [6.45, 7) is 5.86. The summed E-state index contributed by atoms with van der Waals surface area (Å²) in [5.41, 5.74) is 3.01. The number of carbonyl (C=O) groups is 2. The minimum Gasteiger partial charge on any atom is -0.479 e. The lowest BCUT2D eigenvalue weighted by Gasteiger charge is -2.28. The minimum atomic E-state index is -1.96. The van der Waals surface area contributed by atoms with E-state index in [0.29, 0.717) is 6.42 Å². The van der Waals surface area contributed by atoms with Gasteiger partial charge in [-0.1, -0.05) is 0 Å². The number of esters is 1. The van der Waals surface area contributed by atoms with Crippen molar-refractivity contribution < 1.29 is 19.4 Å². The molecule has 0 aromatic rings. The third kappa shape index (κ3) is 6.54. The Balaban J connectivity index is 4.59. The summed E-state index contributed by atoms with van der Waals surface area (Å²) in [4.78, 5) is 25.1. The van der Waals surface area contributed by atoms with Crippen molar-refractivity contribution in [3.05, 3.63) is 0 Å². The third-order valence-corrected chi connectivity index (χ3v) is 2.57. The Hall–Kier alpha value is -1.14. The zero-order valence-electron chi connectivity index (χ0n) is 12.5. The van der Waals surface area contributed by atoms with Gasteiger partial charge in [-0.15, -0.1) is 0 Å². The highest BCUT2D eigenvalue weighted by atomic mass is 16.6. The molecule has 0 saturated heterocycles. The number of unbranched alkanes of at least 4 members (excludes halogenated alkanes) is 1. The van der Waals surface area contributed by atoms with Crippen molar-refractivity contribution in [2.24, 2.45) is 5.73 Å². The fraction of sp³-hybridized carbons (Fsp3) is 0.846. The zero-order chi connectivity index (χ0) is 15.3. The molecule has 3 N–H and O–H groups in total. The Labute approximate surface area is 114 Å². The number of hydrogen-bond donors (Lipinski definition) is 2. The summed E-state index contributed by atoms with van der Waals surface area (Å²) in [5, 5.41) is 9.17. The molecule has 19 heavy (non-hydrogen) atoms. The van der Waals surface area contributed by atoms with Crippen LogP contribution in [0.15, 0.2) is 0 Å². The number of hydrogen-bond acceptors (Lipinski definition) is 5. The molecule has 0 saturated carbocycles. The quantitative estimate of drug-likeness (QED) is 0.406. The van der Waals surface area contributed by atoms with Crippen molar-refractivity contribution in [3.63, 3.8) is 0 Å². The Morgan fingerprint density at radius 2 is 1.74 bits per heavy atom. The standard InChI is InChI=1S/C13H26N2O4/c1-12(2,3)19-11(18)13(14,10(16)17)8-6-7-9-15(4)5/h6-9,14H2,1-5H3,(H,16,17). The Kier molecular flexibility index (Phi) is 6.45. The molecule has 0 heterocycles. The molecule has 1 atom stereocenters. The second-order valence-electron chi connectivity index (χ2n) is 6.04. The number of carbonyl (C=O) groups excluding carboxylic acids is 1. The number of rotatable bonds is 7. The minimum absolute atomic E-state index is 0.0745. The first-order valence-electron chi connectivity index (χ1n) is 6.39. The summed E-state index contributed by atoms with van der Waals surface area (Å²) in [6.07, 6.45) is 1.41. The molecule has 0 rings (SSSR count). The van der Waals surface area contributed by atoms with Crippen LogP contribution < -0.4 is 5.73 Å². The van der Waals surface area contributed by atoms with E-state index in [0.717, 1.165) is 13.0 Å². The molecule has 0 aromatic heterocycles. The van der Waals surface area contributed by atoms with Crippen molar-refractivity contribution in [3.8, 4) is 0 Å². The Bertz CT molecular complexity index is 323. The average Bonchev–Trinajstić information content (AvgIpc) is 2.20. The summed E-state index contributed by atoms with van der Waals surface area (Å²) in [5.74, 6) is -2.22. The van der Waals surface area contributed by atoms with Gasteiger partial charge in [0, 0.05) is 0 Å². The molecule has 6 nitrogen and oxygen atoms in total. The topological polar surface area (TPSA) is 92.9 Å². The highest BCUT2D eigenvalue weighted by Gasteiger charge is 2.44. The van der Waals surface area contributed by atoms with Gasteiger partial charge >= 0.3 is 11.9 Å². The molecule has 0 spiro atoms. The average molecular weight is 274 g/mol. The smallest absolute Gasteiger partial charge is 0.338 e. The molecule has 6 heteroatoms. The van der Waals surface area contributed by atoms with Crippen molar-refractivity contribution >= 4 is 11.9 Å². The lowest BCUT2D eigenvalue weighted by atomic mass is 9.93. The Morgan fingerprint density at radius 3 is 2.11 bits per heavy atom. The van der Waals surface area contributed by atoms with Gasteiger partial charge < -0.3 is 20.5 Å². The summed E-state index contributed by atoms with van der Waals surface area (Å²) in [6, 6.07) is 0. The van der Waals surface area contributed by atoms with E-state index in [4.69, 9.17) is 10.5 Å². The van der Waals surface area contributed by atoms with Crippen molar-refractivity contribution in [2.45, 2.75) is 51.2 Å². The fourth-order valence-corrected chi connectivity index (χ4v) is 1.50. The van der Waals surface area contributed by atoms with Crippen LogP contribution in [0, 0.1) is 0 Å². The molecule has 0 aliphatic rings. The van der Waals surface area contributed by atoms with Gasteiger partial charge in [-0.3, -0.25) is 0 Å². The molecule has 0 amide bonds. The van der Waals surface area contributed by atoms with Crippen LogP contribution in [0.4, 0.5) is 0 Å². The highest BCUT2D eigenvalue weighted by molar-refractivity contribution is 6.03. The van der Waals surface area contributed by atoms with Crippen LogP contribution in [0.5, 0.6) is 0 Å². The van der Waals surface area contributed by atoms with E-state index in [1.165, 1.54) is 0 Å². The van der Waals surface area contributed by atoms with Crippen LogP contribution in [0.3, 0.4) is 0 Å². The molecular weight excluding hydrogens is 248 g/mol. The molecule has 112 valence electrons. The second kappa shape index (κ2) is 6.86. The summed E-state index contributed by atoms with van der Waals surface area (Å²) < 4.78 is 5.09. The van der Waals surface area contributed by atoms with E-state index in [1.54, 1.807) is 20.8 Å². The second-order valence-corrected chi connectivity index (χ2v) is 6.04. The number of nitrogens with two attached hydrogens (primary N) is 1. The van der Waals surface area contributed by atoms with Crippen LogP contribution in [0.1, 0.15) is 40.0 Å². The predicted molar refractivity (Wildman–Crippen MR) is 72.8 cm³/mol. The number of carboxylic acids is 1. The van der Waals surface area contributed by atoms with Gasteiger partial charge in [-0.2, -0.15) is 0 Å². The molecule has 0 fully saturated rings. The van der Waals surface area contributed by atoms with E-state index in [9.17, 15) is 14.7 Å². The van der Waals surface area contributed by atoms with Gasteiger partial charge in [-0.05, 0) is 60.7 Å². The maximum atomic E-state index is 11.9. The van der Waals surface area contributed by atoms with E-state index in [2.05, 4.69) is 0 Å². The maximum Gasteiger partial charge on any atom is 0.338 e. The maximum absolute atomic E-state index is 11.9. The van der Waals surface area contributed by atoms with Crippen molar-refractivity contribution in [1.29, 1.82) is 0 Å². The number of nitrogens with zero attached hydrogens (tertiary/aromatic N) is 1. The molecule has 0 aromatic carbocycles. The summed E-state index contributed by atoms with van der Waals surface area (Å²) in [7, 11) is 3.86. The van der Waals surface area contributed by atoms with Gasteiger partial charge in [0.2, 0.25) is 5.54 Å². The van der Waals surface area contributed by atoms with Crippen LogP contribution >= 0.6 is 0 Å². The van der Waals surface area contributed by atoms with E-state index < -0.39 is 23.1 Å². The monoisotopic (exact) mass is 274 g/mol. The predicted octanol–water partition coefficient (Wildman–Crippen LogP) is 0.842. The number of carboxylic acid groups (broad SMARTS) is 1. The van der Waals surface area contributed by atoms with Crippen LogP contribution in [0.25, 0.3) is 0 Å². The van der Waals surface area contributed by atoms with Crippen LogP contribution in [-0.2, 0) is 14.3 Å². The fourth-order valence-electron chi connectivity index (χ4n) is 1.50. The third-order valence-electron chi connectivity index (χ3n) is 2.57. The highest BCUT2D eigenvalue weighted by Crippen LogP contribution is 2.18. The first-order chi connectivity index (χ1) is 8.49. The zero-order valence-corrected chi connectivity index (χ0v) is 12.5. The molecule has 0 aliphatic heterocycles. The van der Waals surface area contributed by atoms with Gasteiger partial charge in [-0.25, -0.2) is 9.59 Å². The van der Waals surface area contributed by atoms with E-state index >= 15 is 0 Å². The molecule has 0 aliphatic carbocycles. The molecule has 1 unspecified atom stereocenters.